The number of aromatic nitrogens is 2. The number of H-pyrrole nitrogens is 1. The lowest BCUT2D eigenvalue weighted by atomic mass is 9.90. The monoisotopic (exact) mass is 624 g/mol. The number of ether oxygens (including phenoxy) is 3. The van der Waals surface area contributed by atoms with Crippen LogP contribution in [0.15, 0.2) is 70.4 Å². The molecule has 1 N–H and O–H groups in total. The van der Waals surface area contributed by atoms with E-state index in [1.165, 1.54) is 55.6 Å². The minimum Gasteiger partial charge on any atom is -0.463 e. The number of hydrogen-bond donors (Lipinski definition) is 1. The number of carbonyl (C=O) groups excluding carboxylic acids is 2. The zero-order valence-corrected chi connectivity index (χ0v) is 26.2. The first-order chi connectivity index (χ1) is 22.4. The van der Waals surface area contributed by atoms with E-state index in [4.69, 9.17) is 14.2 Å². The highest BCUT2D eigenvalue weighted by Crippen LogP contribution is 2.36. The molecule has 9 heteroatoms. The quantitative estimate of drug-likeness (QED) is 0.0820. The molecular formula is C37H40N2O7. The smallest absolute Gasteiger partial charge is 0.330 e. The number of aromatic amines is 1. The van der Waals surface area contributed by atoms with Crippen LogP contribution in [-0.4, -0.2) is 40.6 Å². The summed E-state index contributed by atoms with van der Waals surface area (Å²) < 4.78 is 18.3. The summed E-state index contributed by atoms with van der Waals surface area (Å²) in [6.07, 6.45) is 7.00. The van der Waals surface area contributed by atoms with Crippen LogP contribution >= 0.6 is 0 Å². The molecule has 1 aliphatic heterocycles. The Kier molecular flexibility index (Phi) is 9.90. The van der Waals surface area contributed by atoms with Crippen LogP contribution in [0.3, 0.4) is 0 Å². The first-order valence-electron chi connectivity index (χ1n) is 16.3. The van der Waals surface area contributed by atoms with E-state index in [1.54, 1.807) is 0 Å². The van der Waals surface area contributed by atoms with Crippen molar-refractivity contribution in [3.63, 3.8) is 0 Å². The van der Waals surface area contributed by atoms with Gasteiger partial charge in [-0.2, -0.15) is 0 Å². The molecule has 1 aliphatic rings. The second kappa shape index (κ2) is 14.4. The maximum atomic E-state index is 12.5. The van der Waals surface area contributed by atoms with Gasteiger partial charge in [0.2, 0.25) is 0 Å². The fourth-order valence-corrected chi connectivity index (χ4v) is 6.46. The molecule has 5 aromatic rings. The van der Waals surface area contributed by atoms with Gasteiger partial charge in [-0.25, -0.2) is 4.79 Å². The molecule has 46 heavy (non-hydrogen) atoms. The lowest BCUT2D eigenvalue weighted by Gasteiger charge is -2.16. The Bertz CT molecular complexity index is 1940. The number of ketones is 1. The summed E-state index contributed by atoms with van der Waals surface area (Å²) in [7, 11) is 0. The predicted octanol–water partition coefficient (Wildman–Crippen LogP) is 6.34. The molecule has 4 aromatic carbocycles. The van der Waals surface area contributed by atoms with E-state index in [9.17, 15) is 19.2 Å². The highest BCUT2D eigenvalue weighted by molar-refractivity contribution is 6.23. The number of esters is 1. The molecule has 1 aromatic heterocycles. The first-order valence-corrected chi connectivity index (χ1v) is 16.3. The molecule has 0 bridgehead atoms. The van der Waals surface area contributed by atoms with Crippen LogP contribution in [0.1, 0.15) is 75.6 Å². The van der Waals surface area contributed by atoms with E-state index in [0.29, 0.717) is 25.0 Å². The van der Waals surface area contributed by atoms with Gasteiger partial charge in [-0.1, -0.05) is 67.4 Å². The molecule has 1 saturated heterocycles. The second-order valence-electron chi connectivity index (χ2n) is 12.3. The molecule has 6 rings (SSSR count). The summed E-state index contributed by atoms with van der Waals surface area (Å²) >= 11 is 0. The van der Waals surface area contributed by atoms with E-state index < -0.39 is 23.4 Å². The summed E-state index contributed by atoms with van der Waals surface area (Å²) in [6.45, 7) is 2.10. The van der Waals surface area contributed by atoms with Gasteiger partial charge in [-0.15, -0.1) is 0 Å². The van der Waals surface area contributed by atoms with E-state index in [2.05, 4.69) is 59.6 Å². The number of rotatable bonds is 15. The summed E-state index contributed by atoms with van der Waals surface area (Å²) in [5.41, 5.74) is 0.724. The van der Waals surface area contributed by atoms with Gasteiger partial charge < -0.3 is 19.0 Å². The van der Waals surface area contributed by atoms with Gasteiger partial charge in [0.15, 0.2) is 0 Å². The van der Waals surface area contributed by atoms with Gasteiger partial charge >= 0.3 is 11.7 Å². The zero-order chi connectivity index (χ0) is 32.0. The number of hydrogen-bond acceptors (Lipinski definition) is 7. The van der Waals surface area contributed by atoms with Crippen molar-refractivity contribution in [3.8, 4) is 0 Å². The fraction of sp³-hybridized carbons (Fsp3) is 0.405. The van der Waals surface area contributed by atoms with Crippen LogP contribution < -0.4 is 11.2 Å². The second-order valence-corrected chi connectivity index (χ2v) is 12.3. The number of Topliss-reactive ketones (excluding diaryl/α,β-unsaturated/α-hetero) is 1. The number of carbonyl (C=O) groups is 2. The topological polar surface area (TPSA) is 117 Å². The third-order valence-electron chi connectivity index (χ3n) is 8.91. The van der Waals surface area contributed by atoms with Gasteiger partial charge in [-0.3, -0.25) is 19.1 Å². The van der Waals surface area contributed by atoms with Crippen molar-refractivity contribution in [2.24, 2.45) is 0 Å². The highest BCUT2D eigenvalue weighted by Gasteiger charge is 2.29. The Morgan fingerprint density at radius 1 is 0.870 bits per heavy atom. The number of nitrogens with one attached hydrogen (secondary N) is 1. The minimum atomic E-state index is -0.572. The summed E-state index contributed by atoms with van der Waals surface area (Å²) in [5.74, 6) is -0.523. The molecule has 0 radical (unpaired) electrons. The SMILES string of the molecule is CC(=O)CCC(=O)OCC1CCC(n2cc(COCCCCCCc3ccc4ccc5cccc6ccc3c4c56)c(=O)[nH]c2=O)O1. The summed E-state index contributed by atoms with van der Waals surface area (Å²) in [4.78, 5) is 50.2. The number of benzene rings is 4. The molecule has 0 spiro atoms. The average molecular weight is 625 g/mol. The van der Waals surface area contributed by atoms with Crippen molar-refractivity contribution in [1.82, 2.24) is 9.55 Å². The van der Waals surface area contributed by atoms with Crippen LogP contribution in [0.25, 0.3) is 32.3 Å². The van der Waals surface area contributed by atoms with Crippen LogP contribution in [0.2, 0.25) is 0 Å². The maximum absolute atomic E-state index is 12.5. The van der Waals surface area contributed by atoms with E-state index in [0.717, 1.165) is 32.1 Å². The summed E-state index contributed by atoms with van der Waals surface area (Å²) in [5, 5.41) is 7.92. The molecule has 0 aliphatic carbocycles. The largest absolute Gasteiger partial charge is 0.463 e. The van der Waals surface area contributed by atoms with Crippen LogP contribution in [-0.2, 0) is 36.8 Å². The first kappa shape index (κ1) is 31.6. The molecule has 2 unspecified atom stereocenters. The number of aryl methyl sites for hydroxylation is 1. The van der Waals surface area contributed by atoms with Gasteiger partial charge in [0.25, 0.3) is 5.56 Å². The molecule has 240 valence electrons. The molecule has 2 heterocycles. The number of nitrogens with zero attached hydrogens (tertiary/aromatic N) is 1. The summed E-state index contributed by atoms with van der Waals surface area (Å²) in [6, 6.07) is 19.9. The Morgan fingerprint density at radius 3 is 2.41 bits per heavy atom. The Balaban J connectivity index is 0.940. The lowest BCUT2D eigenvalue weighted by molar-refractivity contribution is -0.149. The standard InChI is InChI=1S/C37H40N2O7/c1-24(40)10-19-33(41)45-23-30-16-18-32(46-30)39-21-29(36(42)38-37(39)43)22-44-20-5-3-2-4-7-25-11-12-28-14-13-26-8-6-9-27-15-17-31(25)35(28)34(26)27/h6,8-9,11-15,17,21,30,32H,2-5,7,10,16,18-20,22-23H2,1H3,(H,38,42,43). The van der Waals surface area contributed by atoms with Crippen molar-refractivity contribution in [2.75, 3.05) is 13.2 Å². The average Bonchev–Trinajstić information content (AvgIpc) is 3.53. The van der Waals surface area contributed by atoms with E-state index in [-0.39, 0.29) is 37.9 Å². The molecule has 1 fully saturated rings. The fourth-order valence-electron chi connectivity index (χ4n) is 6.46. The van der Waals surface area contributed by atoms with Crippen molar-refractivity contribution in [2.45, 2.75) is 83.6 Å². The van der Waals surface area contributed by atoms with Gasteiger partial charge in [0.05, 0.1) is 24.7 Å². The molecular weight excluding hydrogens is 584 g/mol. The van der Waals surface area contributed by atoms with Crippen LogP contribution in [0, 0.1) is 0 Å². The third-order valence-corrected chi connectivity index (χ3v) is 8.91. The minimum absolute atomic E-state index is 0.0383. The maximum Gasteiger partial charge on any atom is 0.330 e. The number of unbranched alkanes of at least 4 members (excludes halogenated alkanes) is 3. The van der Waals surface area contributed by atoms with E-state index in [1.807, 2.05) is 0 Å². The van der Waals surface area contributed by atoms with Crippen molar-refractivity contribution >= 4 is 44.1 Å². The molecule has 9 nitrogen and oxygen atoms in total. The Morgan fingerprint density at radius 2 is 1.61 bits per heavy atom. The van der Waals surface area contributed by atoms with Crippen molar-refractivity contribution < 1.29 is 23.8 Å². The molecule has 0 amide bonds. The third kappa shape index (κ3) is 7.21. The van der Waals surface area contributed by atoms with Crippen LogP contribution in [0.4, 0.5) is 0 Å². The highest BCUT2D eigenvalue weighted by atomic mass is 16.6. The van der Waals surface area contributed by atoms with Gasteiger partial charge in [0, 0.05) is 19.2 Å². The Labute approximate surface area is 266 Å². The van der Waals surface area contributed by atoms with Crippen molar-refractivity contribution in [3.05, 3.63) is 92.8 Å². The van der Waals surface area contributed by atoms with Crippen molar-refractivity contribution in [1.29, 1.82) is 0 Å². The molecule has 2 atom stereocenters. The predicted molar refractivity (Wildman–Crippen MR) is 177 cm³/mol. The van der Waals surface area contributed by atoms with Gasteiger partial charge in [-0.05, 0) is 76.9 Å². The van der Waals surface area contributed by atoms with Gasteiger partial charge in [0.1, 0.15) is 18.6 Å². The Hall–Kier alpha value is -4.34. The normalized spacial score (nSPS) is 16.5. The zero-order valence-electron chi connectivity index (χ0n) is 26.2. The molecule has 0 saturated carbocycles. The van der Waals surface area contributed by atoms with E-state index >= 15 is 0 Å². The van der Waals surface area contributed by atoms with Crippen LogP contribution in [0.5, 0.6) is 0 Å². The lowest BCUT2D eigenvalue weighted by Crippen LogP contribution is -2.34.